The molecule has 1 heterocycles. The summed E-state index contributed by atoms with van der Waals surface area (Å²) in [5.41, 5.74) is 20.3. The predicted octanol–water partition coefficient (Wildman–Crippen LogP) is 6.48. The quantitative estimate of drug-likeness (QED) is 0.0395. The number of hydrogen-bond acceptors (Lipinski definition) is 7. The molecule has 0 radical (unpaired) electrons. The van der Waals surface area contributed by atoms with Crippen LogP contribution in [0.1, 0.15) is 52.8 Å². The second kappa shape index (κ2) is 13.7. The molecule has 0 aromatic heterocycles. The van der Waals surface area contributed by atoms with Crippen LogP contribution < -0.4 is 15.6 Å². The lowest BCUT2D eigenvalue weighted by Gasteiger charge is -2.31. The maximum Gasteiger partial charge on any atom is 0.266 e. The van der Waals surface area contributed by atoms with Gasteiger partial charge in [0, 0.05) is 29.9 Å². The molecule has 1 aliphatic heterocycles. The molecule has 10 heteroatoms. The third-order valence-corrected chi connectivity index (χ3v) is 8.29. The Bertz CT molecular complexity index is 1770. The molecule has 1 amide bonds. The van der Waals surface area contributed by atoms with Crippen molar-refractivity contribution >= 4 is 11.8 Å². The van der Waals surface area contributed by atoms with Gasteiger partial charge in [-0.05, 0) is 63.2 Å². The van der Waals surface area contributed by atoms with E-state index in [2.05, 4.69) is 51.7 Å². The zero-order valence-corrected chi connectivity index (χ0v) is 25.2. The van der Waals surface area contributed by atoms with Gasteiger partial charge in [-0.25, -0.2) is 10.4 Å². The molecule has 0 saturated carbocycles. The fourth-order valence-corrected chi connectivity index (χ4v) is 6.11. The van der Waals surface area contributed by atoms with Crippen LogP contribution in [-0.4, -0.2) is 35.7 Å². The van der Waals surface area contributed by atoms with Crippen molar-refractivity contribution in [2.45, 2.75) is 37.1 Å². The summed E-state index contributed by atoms with van der Waals surface area (Å²) in [7, 11) is 0. The first kappa shape index (κ1) is 30.6. The lowest BCUT2D eigenvalue weighted by Crippen LogP contribution is -2.53. The number of rotatable bonds is 13. The van der Waals surface area contributed by atoms with Gasteiger partial charge in [0.1, 0.15) is 5.75 Å². The summed E-state index contributed by atoms with van der Waals surface area (Å²) < 4.78 is 12.3. The molecule has 2 aliphatic rings. The summed E-state index contributed by atoms with van der Waals surface area (Å²) in [4.78, 5) is 22.4. The highest BCUT2D eigenvalue weighted by atomic mass is 16.5. The molecule has 1 aliphatic carbocycles. The number of aliphatic imine (C=N–C) groups is 1. The molecular formula is C36H34N6O4. The smallest absolute Gasteiger partial charge is 0.266 e. The number of carbonyl (C=O) groups excluding carboxylic acids is 1. The molecule has 3 N–H and O–H groups in total. The van der Waals surface area contributed by atoms with Crippen molar-refractivity contribution in [3.05, 3.63) is 148 Å². The van der Waals surface area contributed by atoms with E-state index >= 15 is 0 Å². The van der Waals surface area contributed by atoms with E-state index in [1.54, 1.807) is 18.2 Å². The van der Waals surface area contributed by atoms with Crippen molar-refractivity contribution in [2.75, 3.05) is 13.2 Å². The maximum atomic E-state index is 14.5. The van der Waals surface area contributed by atoms with Crippen molar-refractivity contribution in [3.8, 4) is 16.9 Å². The van der Waals surface area contributed by atoms with E-state index in [9.17, 15) is 4.79 Å². The number of aliphatic hydroxyl groups excluding tert-OH is 1. The van der Waals surface area contributed by atoms with Gasteiger partial charge in [-0.2, -0.15) is 0 Å². The molecule has 0 bridgehead atoms. The molecular weight excluding hydrogens is 580 g/mol. The van der Waals surface area contributed by atoms with Crippen LogP contribution in [0, 0.1) is 0 Å². The Labute approximate surface area is 267 Å². The topological polar surface area (TPSA) is 141 Å². The van der Waals surface area contributed by atoms with Gasteiger partial charge >= 0.3 is 0 Å². The number of nitrogens with one attached hydrogen (secondary N) is 2. The van der Waals surface area contributed by atoms with Crippen molar-refractivity contribution in [3.63, 3.8) is 0 Å². The molecule has 10 nitrogen and oxygen atoms in total. The molecule has 4 aromatic rings. The Balaban J connectivity index is 1.36. The fourth-order valence-electron chi connectivity index (χ4n) is 6.11. The summed E-state index contributed by atoms with van der Waals surface area (Å²) in [6, 6.07) is 30.7. The summed E-state index contributed by atoms with van der Waals surface area (Å²) >= 11 is 0. The Hall–Kier alpha value is -5.41. The highest BCUT2D eigenvalue weighted by Gasteiger charge is 2.53. The molecule has 2 atom stereocenters. The van der Waals surface area contributed by atoms with E-state index in [-0.39, 0.29) is 25.6 Å². The predicted molar refractivity (Wildman–Crippen MR) is 176 cm³/mol. The van der Waals surface area contributed by atoms with Gasteiger partial charge in [-0.15, -0.1) is 6.58 Å². The molecule has 0 unspecified atom stereocenters. The zero-order valence-electron chi connectivity index (χ0n) is 25.2. The minimum Gasteiger partial charge on any atom is -0.494 e. The number of fused-ring (bicyclic) bond motifs is 3. The highest BCUT2D eigenvalue weighted by Crippen LogP contribution is 2.45. The van der Waals surface area contributed by atoms with Gasteiger partial charge in [0.15, 0.2) is 11.6 Å². The van der Waals surface area contributed by atoms with Gasteiger partial charge in [-0.3, -0.25) is 10.2 Å². The second-order valence-corrected chi connectivity index (χ2v) is 11.1. The van der Waals surface area contributed by atoms with E-state index < -0.39 is 17.6 Å². The van der Waals surface area contributed by atoms with E-state index in [1.807, 2.05) is 60.7 Å². The average molecular weight is 615 g/mol. The standard InChI is InChI=1S/C36H34N6O4/c1-2-20-36(35(44)41-40-32-30-14-7-5-12-28(30)29-13-6-8-15-31(29)32)33(27-11-4-3-10-25(27)23-38-42-37)46-34(39-36)24-16-18-26(19-17-24)45-22-9-21-43/h2-8,10-19,32-33,40,43H,1,9,20-23H2,(H,41,44)/t33-,36-/m0/s1. The number of nitrogens with zero attached hydrogens (tertiary/aromatic N) is 4. The van der Waals surface area contributed by atoms with Gasteiger partial charge in [-0.1, -0.05) is 84.0 Å². The van der Waals surface area contributed by atoms with Gasteiger partial charge in [0.25, 0.3) is 5.91 Å². The van der Waals surface area contributed by atoms with Crippen LogP contribution in [0.15, 0.2) is 120 Å². The Morgan fingerprint density at radius 1 is 1.00 bits per heavy atom. The van der Waals surface area contributed by atoms with Crippen molar-refractivity contribution in [2.24, 2.45) is 10.1 Å². The van der Waals surface area contributed by atoms with Gasteiger partial charge < -0.3 is 14.6 Å². The molecule has 46 heavy (non-hydrogen) atoms. The number of carbonyl (C=O) groups is 1. The summed E-state index contributed by atoms with van der Waals surface area (Å²) in [6.45, 7) is 4.49. The summed E-state index contributed by atoms with van der Waals surface area (Å²) in [5.74, 6) is 0.541. The number of aliphatic hydroxyl groups is 1. The molecule has 0 fully saturated rings. The van der Waals surface area contributed by atoms with E-state index in [4.69, 9.17) is 25.1 Å². The maximum absolute atomic E-state index is 14.5. The molecule has 0 spiro atoms. The Morgan fingerprint density at radius 3 is 2.30 bits per heavy atom. The number of azide groups is 1. The van der Waals surface area contributed by atoms with Gasteiger partial charge in [0.05, 0.1) is 19.2 Å². The van der Waals surface area contributed by atoms with E-state index in [1.165, 1.54) is 0 Å². The van der Waals surface area contributed by atoms with Crippen LogP contribution in [0.25, 0.3) is 21.6 Å². The first-order valence-corrected chi connectivity index (χ1v) is 15.1. The number of hydrogen-bond donors (Lipinski definition) is 3. The minimum absolute atomic E-state index is 0.0490. The second-order valence-electron chi connectivity index (χ2n) is 11.1. The Morgan fingerprint density at radius 2 is 1.65 bits per heavy atom. The number of ether oxygens (including phenoxy) is 2. The minimum atomic E-state index is -1.44. The first-order chi connectivity index (χ1) is 22.6. The number of benzene rings is 4. The lowest BCUT2D eigenvalue weighted by atomic mass is 9.83. The van der Waals surface area contributed by atoms with Crippen molar-refractivity contribution in [1.29, 1.82) is 0 Å². The normalized spacial score (nSPS) is 18.0. The van der Waals surface area contributed by atoms with Crippen LogP contribution >= 0.6 is 0 Å². The van der Waals surface area contributed by atoms with Crippen molar-refractivity contribution < 1.29 is 19.4 Å². The monoisotopic (exact) mass is 614 g/mol. The van der Waals surface area contributed by atoms with Gasteiger partial charge in [0.2, 0.25) is 5.90 Å². The largest absolute Gasteiger partial charge is 0.494 e. The van der Waals surface area contributed by atoms with E-state index in [0.29, 0.717) is 35.8 Å². The summed E-state index contributed by atoms with van der Waals surface area (Å²) in [5, 5.41) is 12.8. The van der Waals surface area contributed by atoms with Crippen LogP contribution in [0.2, 0.25) is 0 Å². The third kappa shape index (κ3) is 5.84. The van der Waals surface area contributed by atoms with Crippen molar-refractivity contribution in [1.82, 2.24) is 10.9 Å². The van der Waals surface area contributed by atoms with Crippen LogP contribution in [0.3, 0.4) is 0 Å². The van der Waals surface area contributed by atoms with Crippen LogP contribution in [0.5, 0.6) is 5.75 Å². The van der Waals surface area contributed by atoms with Crippen LogP contribution in [-0.2, 0) is 16.1 Å². The summed E-state index contributed by atoms with van der Waals surface area (Å²) in [6.07, 6.45) is 1.51. The SMILES string of the molecule is C=CC[C@]1(C(=O)NNC2c3ccccc3-c3ccccc32)N=C(c2ccc(OCCCO)cc2)O[C@H]1c1ccccc1CN=[N+]=[N-]. The van der Waals surface area contributed by atoms with Crippen LogP contribution in [0.4, 0.5) is 0 Å². The average Bonchev–Trinajstić information content (AvgIpc) is 3.64. The number of amides is 1. The first-order valence-electron chi connectivity index (χ1n) is 15.1. The third-order valence-electron chi connectivity index (χ3n) is 8.29. The van der Waals surface area contributed by atoms with E-state index in [0.717, 1.165) is 27.8 Å². The number of hydrazine groups is 1. The molecule has 0 saturated heterocycles. The molecule has 4 aromatic carbocycles. The Kier molecular flexibility index (Phi) is 9.12. The lowest BCUT2D eigenvalue weighted by molar-refractivity contribution is -0.130. The highest BCUT2D eigenvalue weighted by molar-refractivity contribution is 6.01. The molecule has 6 rings (SSSR count). The molecule has 232 valence electrons. The fraction of sp³-hybridized carbons (Fsp3) is 0.222. The zero-order chi connectivity index (χ0) is 31.9.